The third-order valence-corrected chi connectivity index (χ3v) is 4.55. The van der Waals surface area contributed by atoms with Crippen molar-refractivity contribution in [2.45, 2.75) is 25.8 Å². The van der Waals surface area contributed by atoms with Gasteiger partial charge in [0.15, 0.2) is 0 Å². The summed E-state index contributed by atoms with van der Waals surface area (Å²) in [6, 6.07) is 3.88. The van der Waals surface area contributed by atoms with E-state index in [2.05, 4.69) is 5.32 Å². The van der Waals surface area contributed by atoms with Gasteiger partial charge in [-0.25, -0.2) is 4.79 Å². The number of hydrogen-bond acceptors (Lipinski definition) is 5. The zero-order chi connectivity index (χ0) is 18.0. The molecule has 0 saturated carbocycles. The molecule has 0 radical (unpaired) electrons. The van der Waals surface area contributed by atoms with Gasteiger partial charge in [0.2, 0.25) is 5.43 Å². The Balaban J connectivity index is 2.02. The van der Waals surface area contributed by atoms with Crippen LogP contribution in [0.2, 0.25) is 0 Å². The number of anilines is 1. The number of ether oxygens (including phenoxy) is 1. The lowest BCUT2D eigenvalue weighted by Gasteiger charge is -2.27. The molecule has 1 atom stereocenters. The lowest BCUT2D eigenvalue weighted by atomic mass is 9.95. The van der Waals surface area contributed by atoms with Gasteiger partial charge in [-0.15, -0.1) is 0 Å². The highest BCUT2D eigenvalue weighted by molar-refractivity contribution is 5.95. The van der Waals surface area contributed by atoms with Crippen molar-refractivity contribution in [1.29, 1.82) is 0 Å². The van der Waals surface area contributed by atoms with Crippen LogP contribution in [0.25, 0.3) is 10.9 Å². The van der Waals surface area contributed by atoms with Gasteiger partial charge in [-0.05, 0) is 37.5 Å². The van der Waals surface area contributed by atoms with Gasteiger partial charge in [-0.1, -0.05) is 0 Å². The van der Waals surface area contributed by atoms with Crippen molar-refractivity contribution >= 4 is 22.6 Å². The maximum Gasteiger partial charge on any atom is 0.341 e. The van der Waals surface area contributed by atoms with E-state index < -0.39 is 11.4 Å². The minimum Gasteiger partial charge on any atom is -0.477 e. The molecule has 7 heteroatoms. The number of nitrogens with zero attached hydrogens (tertiary/aromatic N) is 1. The number of carboxylic acids is 1. The first-order valence-electron chi connectivity index (χ1n) is 8.40. The Labute approximate surface area is 144 Å². The quantitative estimate of drug-likeness (QED) is 0.659. The van der Waals surface area contributed by atoms with Crippen molar-refractivity contribution in [3.05, 3.63) is 39.7 Å². The second kappa shape index (κ2) is 7.25. The molecule has 0 aliphatic carbocycles. The molecular formula is C18H22N2O5. The highest BCUT2D eigenvalue weighted by Crippen LogP contribution is 2.32. The maximum absolute atomic E-state index is 12.6. The lowest BCUT2D eigenvalue weighted by Crippen LogP contribution is -2.24. The third-order valence-electron chi connectivity index (χ3n) is 4.55. The molecule has 0 bridgehead atoms. The fourth-order valence-electron chi connectivity index (χ4n) is 3.31. The van der Waals surface area contributed by atoms with Crippen molar-refractivity contribution in [1.82, 2.24) is 4.57 Å². The Morgan fingerprint density at radius 2 is 2.20 bits per heavy atom. The number of rotatable bonds is 7. The van der Waals surface area contributed by atoms with Crippen molar-refractivity contribution in [3.8, 4) is 0 Å². The summed E-state index contributed by atoms with van der Waals surface area (Å²) in [5, 5.41) is 21.7. The van der Waals surface area contributed by atoms with Crippen LogP contribution in [-0.2, 0) is 11.2 Å². The smallest absolute Gasteiger partial charge is 0.341 e. The van der Waals surface area contributed by atoms with Crippen LogP contribution >= 0.6 is 0 Å². The SMILES string of the molecule is CC1CCc2cc(NCCOCCO)cc3c(=O)c(C(=O)O)cn1c23. The van der Waals surface area contributed by atoms with Crippen LogP contribution in [-0.4, -0.2) is 47.1 Å². The summed E-state index contributed by atoms with van der Waals surface area (Å²) in [5.41, 5.74) is 2.00. The molecule has 0 amide bonds. The number of aromatic carboxylic acids is 1. The first kappa shape index (κ1) is 17.4. The maximum atomic E-state index is 12.6. The number of aromatic nitrogens is 1. The van der Waals surface area contributed by atoms with Gasteiger partial charge in [-0.2, -0.15) is 0 Å². The Bertz CT molecular complexity index is 859. The Kier molecular flexibility index (Phi) is 5.06. The summed E-state index contributed by atoms with van der Waals surface area (Å²) in [6.45, 7) is 3.27. The number of aliphatic hydroxyl groups excluding tert-OH is 1. The van der Waals surface area contributed by atoms with Gasteiger partial charge < -0.3 is 24.8 Å². The van der Waals surface area contributed by atoms with E-state index >= 15 is 0 Å². The summed E-state index contributed by atoms with van der Waals surface area (Å²) in [4.78, 5) is 24.0. The van der Waals surface area contributed by atoms with Gasteiger partial charge >= 0.3 is 5.97 Å². The Morgan fingerprint density at radius 1 is 1.40 bits per heavy atom. The van der Waals surface area contributed by atoms with Crippen LogP contribution in [0.3, 0.4) is 0 Å². The summed E-state index contributed by atoms with van der Waals surface area (Å²) in [5.74, 6) is -1.20. The number of hydrogen-bond donors (Lipinski definition) is 3. The Morgan fingerprint density at radius 3 is 2.92 bits per heavy atom. The first-order chi connectivity index (χ1) is 12.0. The largest absolute Gasteiger partial charge is 0.477 e. The van der Waals surface area contributed by atoms with E-state index in [-0.39, 0.29) is 24.8 Å². The predicted molar refractivity (Wildman–Crippen MR) is 94.6 cm³/mol. The summed E-state index contributed by atoms with van der Waals surface area (Å²) in [7, 11) is 0. The predicted octanol–water partition coefficient (Wildman–Crippen LogP) is 1.63. The highest BCUT2D eigenvalue weighted by Gasteiger charge is 2.23. The molecule has 0 spiro atoms. The van der Waals surface area contributed by atoms with E-state index in [1.807, 2.05) is 17.6 Å². The number of aliphatic hydroxyl groups is 1. The molecular weight excluding hydrogens is 324 g/mol. The number of carboxylic acid groups (broad SMARTS) is 1. The second-order valence-electron chi connectivity index (χ2n) is 6.27. The van der Waals surface area contributed by atoms with Crippen LogP contribution in [0.5, 0.6) is 0 Å². The fraction of sp³-hybridized carbons (Fsp3) is 0.444. The molecule has 2 aromatic rings. The van der Waals surface area contributed by atoms with Crippen LogP contribution in [0.15, 0.2) is 23.1 Å². The van der Waals surface area contributed by atoms with E-state index in [0.29, 0.717) is 18.5 Å². The molecule has 1 aliphatic heterocycles. The molecule has 1 aromatic heterocycles. The molecule has 134 valence electrons. The normalized spacial score (nSPS) is 16.2. The molecule has 25 heavy (non-hydrogen) atoms. The van der Waals surface area contributed by atoms with E-state index in [1.54, 1.807) is 6.07 Å². The minimum atomic E-state index is -1.20. The first-order valence-corrected chi connectivity index (χ1v) is 8.40. The molecule has 1 aromatic carbocycles. The molecule has 1 aliphatic rings. The number of aryl methyl sites for hydroxylation is 1. The number of pyridine rings is 1. The van der Waals surface area contributed by atoms with Gasteiger partial charge in [-0.3, -0.25) is 4.79 Å². The second-order valence-corrected chi connectivity index (χ2v) is 6.27. The molecule has 3 rings (SSSR count). The molecule has 7 nitrogen and oxygen atoms in total. The summed E-state index contributed by atoms with van der Waals surface area (Å²) >= 11 is 0. The fourth-order valence-corrected chi connectivity index (χ4v) is 3.31. The lowest BCUT2D eigenvalue weighted by molar-refractivity contribution is 0.0694. The van der Waals surface area contributed by atoms with Crippen molar-refractivity contribution < 1.29 is 19.7 Å². The van der Waals surface area contributed by atoms with Crippen molar-refractivity contribution in [2.24, 2.45) is 0 Å². The molecule has 1 unspecified atom stereocenters. The van der Waals surface area contributed by atoms with Gasteiger partial charge in [0, 0.05) is 29.9 Å². The Hall–Kier alpha value is -2.38. The monoisotopic (exact) mass is 346 g/mol. The number of benzene rings is 1. The average Bonchev–Trinajstić information content (AvgIpc) is 2.59. The van der Waals surface area contributed by atoms with Crippen LogP contribution in [0, 0.1) is 0 Å². The number of nitrogens with one attached hydrogen (secondary N) is 1. The van der Waals surface area contributed by atoms with E-state index in [9.17, 15) is 14.7 Å². The van der Waals surface area contributed by atoms with Gasteiger partial charge in [0.1, 0.15) is 5.56 Å². The molecule has 0 fully saturated rings. The van der Waals surface area contributed by atoms with Crippen LogP contribution in [0.4, 0.5) is 5.69 Å². The third kappa shape index (κ3) is 3.38. The zero-order valence-electron chi connectivity index (χ0n) is 14.1. The minimum absolute atomic E-state index is 0.0180. The molecule has 3 N–H and O–H groups in total. The van der Waals surface area contributed by atoms with E-state index in [1.165, 1.54) is 6.20 Å². The van der Waals surface area contributed by atoms with Crippen molar-refractivity contribution in [3.63, 3.8) is 0 Å². The van der Waals surface area contributed by atoms with Crippen LogP contribution in [0.1, 0.15) is 35.3 Å². The zero-order valence-corrected chi connectivity index (χ0v) is 14.1. The van der Waals surface area contributed by atoms with Crippen molar-refractivity contribution in [2.75, 3.05) is 31.7 Å². The summed E-state index contributed by atoms with van der Waals surface area (Å²) in [6.07, 6.45) is 3.21. The molecule has 2 heterocycles. The number of carbonyl (C=O) groups is 1. The average molecular weight is 346 g/mol. The van der Waals surface area contributed by atoms with E-state index in [4.69, 9.17) is 9.84 Å². The van der Waals surface area contributed by atoms with E-state index in [0.717, 1.165) is 29.6 Å². The van der Waals surface area contributed by atoms with Gasteiger partial charge in [0.05, 0.1) is 25.3 Å². The van der Waals surface area contributed by atoms with Gasteiger partial charge in [0.25, 0.3) is 0 Å². The topological polar surface area (TPSA) is 101 Å². The standard InChI is InChI=1S/C18H22N2O5/c1-11-2-3-12-8-13(19-4-6-25-7-5-21)9-14-16(12)20(11)10-15(17(14)22)18(23)24/h8-11,19,21H,2-7H2,1H3,(H,23,24). The molecule has 0 saturated heterocycles. The highest BCUT2D eigenvalue weighted by atomic mass is 16.5. The van der Waals surface area contributed by atoms with Crippen LogP contribution < -0.4 is 10.7 Å². The summed E-state index contributed by atoms with van der Waals surface area (Å²) < 4.78 is 7.12.